The highest BCUT2D eigenvalue weighted by Crippen LogP contribution is 2.19. The first-order valence-corrected chi connectivity index (χ1v) is 6.39. The number of nitrogens with one attached hydrogen (secondary N) is 1. The molecule has 6 heteroatoms. The Morgan fingerprint density at radius 3 is 2.80 bits per heavy atom. The van der Waals surface area contributed by atoms with Crippen LogP contribution in [-0.2, 0) is 11.2 Å². The molecule has 0 aliphatic rings. The number of carbonyl (C=O) groups excluding carboxylic acids is 1. The van der Waals surface area contributed by atoms with Crippen molar-refractivity contribution in [3.8, 4) is 0 Å². The summed E-state index contributed by atoms with van der Waals surface area (Å²) in [5.41, 5.74) is 5.80. The minimum atomic E-state index is -0.554. The number of nitrogens with two attached hydrogens (primary N) is 1. The summed E-state index contributed by atoms with van der Waals surface area (Å²) in [5, 5.41) is 2.61. The number of hydrogen-bond donors (Lipinski definition) is 2. The van der Waals surface area contributed by atoms with E-state index in [0.717, 1.165) is 0 Å². The fourth-order valence-electron chi connectivity index (χ4n) is 1.78. The van der Waals surface area contributed by atoms with Gasteiger partial charge in [0.25, 0.3) is 0 Å². The first-order chi connectivity index (χ1) is 9.58. The number of hydrogen-bond acceptors (Lipinski definition) is 3. The lowest BCUT2D eigenvalue weighted by atomic mass is 10.1. The van der Waals surface area contributed by atoms with E-state index in [1.165, 1.54) is 12.1 Å². The Morgan fingerprint density at radius 2 is 2.15 bits per heavy atom. The second-order valence-electron chi connectivity index (χ2n) is 4.15. The van der Waals surface area contributed by atoms with Gasteiger partial charge in [0.05, 0.1) is 17.5 Å². The van der Waals surface area contributed by atoms with Crippen LogP contribution >= 0.6 is 12.2 Å². The molecule has 2 rings (SSSR count). The number of amides is 1. The highest BCUT2D eigenvalue weighted by Gasteiger charge is 2.13. The Hall–Kier alpha value is -2.21. The van der Waals surface area contributed by atoms with E-state index in [4.69, 9.17) is 22.4 Å². The average Bonchev–Trinajstić information content (AvgIpc) is 2.89. The first kappa shape index (κ1) is 14.2. The maximum Gasteiger partial charge on any atom is 0.224 e. The van der Waals surface area contributed by atoms with Crippen LogP contribution in [0.3, 0.4) is 0 Å². The molecule has 0 bridgehead atoms. The van der Waals surface area contributed by atoms with Crippen LogP contribution in [0.1, 0.15) is 17.7 Å². The molecule has 4 nitrogen and oxygen atoms in total. The number of rotatable bonds is 5. The standard InChI is InChI=1S/C14H13FN2O2S/c15-10-4-1-5-11(13(10)14(16)20)17-12(18)7-6-9-3-2-8-19-9/h1-5,8H,6-7H2,(H2,16,20)(H,17,18). The molecule has 0 saturated carbocycles. The number of thiocarbonyl (C=S) groups is 1. The quantitative estimate of drug-likeness (QED) is 0.831. The zero-order valence-electron chi connectivity index (χ0n) is 10.6. The summed E-state index contributed by atoms with van der Waals surface area (Å²) >= 11 is 4.79. The van der Waals surface area contributed by atoms with Gasteiger partial charge < -0.3 is 15.5 Å². The van der Waals surface area contributed by atoms with Gasteiger partial charge in [-0.1, -0.05) is 18.3 Å². The number of aryl methyl sites for hydroxylation is 1. The van der Waals surface area contributed by atoms with E-state index in [0.29, 0.717) is 12.2 Å². The van der Waals surface area contributed by atoms with Crippen LogP contribution in [0.25, 0.3) is 0 Å². The van der Waals surface area contributed by atoms with Gasteiger partial charge in [0.15, 0.2) is 0 Å². The molecule has 0 spiro atoms. The van der Waals surface area contributed by atoms with Crippen molar-refractivity contribution in [2.24, 2.45) is 5.73 Å². The first-order valence-electron chi connectivity index (χ1n) is 5.98. The normalized spacial score (nSPS) is 10.2. The highest BCUT2D eigenvalue weighted by molar-refractivity contribution is 7.80. The van der Waals surface area contributed by atoms with Crippen LogP contribution in [0.4, 0.5) is 10.1 Å². The molecule has 3 N–H and O–H groups in total. The van der Waals surface area contributed by atoms with Gasteiger partial charge in [0.2, 0.25) is 5.91 Å². The maximum absolute atomic E-state index is 13.6. The number of carbonyl (C=O) groups is 1. The molecule has 1 amide bonds. The molecule has 0 unspecified atom stereocenters. The molecule has 104 valence electrons. The summed E-state index contributed by atoms with van der Waals surface area (Å²) in [4.78, 5) is 11.7. The number of furan rings is 1. The van der Waals surface area contributed by atoms with Crippen LogP contribution in [0.2, 0.25) is 0 Å². The molecule has 1 aromatic carbocycles. The van der Waals surface area contributed by atoms with Crippen molar-refractivity contribution in [3.05, 3.63) is 53.7 Å². The predicted octanol–water partition coefficient (Wildman–Crippen LogP) is 2.62. The smallest absolute Gasteiger partial charge is 0.224 e. The molecule has 1 heterocycles. The Morgan fingerprint density at radius 1 is 1.35 bits per heavy atom. The molecule has 0 fully saturated rings. The largest absolute Gasteiger partial charge is 0.469 e. The monoisotopic (exact) mass is 292 g/mol. The van der Waals surface area contributed by atoms with Crippen molar-refractivity contribution < 1.29 is 13.6 Å². The number of halogens is 1. The molecule has 0 atom stereocenters. The van der Waals surface area contributed by atoms with Gasteiger partial charge in [-0.25, -0.2) is 4.39 Å². The summed E-state index contributed by atoms with van der Waals surface area (Å²) in [6, 6.07) is 7.83. The van der Waals surface area contributed by atoms with Crippen LogP contribution in [0.5, 0.6) is 0 Å². The van der Waals surface area contributed by atoms with Gasteiger partial charge in [-0.05, 0) is 24.3 Å². The zero-order chi connectivity index (χ0) is 14.5. The van der Waals surface area contributed by atoms with Crippen molar-refractivity contribution in [3.63, 3.8) is 0 Å². The van der Waals surface area contributed by atoms with Gasteiger partial charge in [0.1, 0.15) is 16.6 Å². The van der Waals surface area contributed by atoms with E-state index in [9.17, 15) is 9.18 Å². The second-order valence-corrected chi connectivity index (χ2v) is 4.59. The van der Waals surface area contributed by atoms with E-state index in [-0.39, 0.29) is 28.6 Å². The van der Waals surface area contributed by atoms with Crippen molar-refractivity contribution in [2.75, 3.05) is 5.32 Å². The van der Waals surface area contributed by atoms with Crippen molar-refractivity contribution in [1.29, 1.82) is 0 Å². The third kappa shape index (κ3) is 3.42. The van der Waals surface area contributed by atoms with Gasteiger partial charge in [0, 0.05) is 12.8 Å². The summed E-state index contributed by atoms with van der Waals surface area (Å²) in [6.45, 7) is 0. The second kappa shape index (κ2) is 6.29. The number of benzene rings is 1. The minimum absolute atomic E-state index is 0.0499. The summed E-state index contributed by atoms with van der Waals surface area (Å²) in [6.07, 6.45) is 2.24. The Labute approximate surface area is 120 Å². The van der Waals surface area contributed by atoms with Crippen LogP contribution in [-0.4, -0.2) is 10.9 Å². The molecule has 0 aliphatic carbocycles. The fourth-order valence-corrected chi connectivity index (χ4v) is 1.99. The third-order valence-corrected chi connectivity index (χ3v) is 2.92. The SMILES string of the molecule is NC(=S)c1c(F)cccc1NC(=O)CCc1ccco1. The van der Waals surface area contributed by atoms with Crippen LogP contribution in [0.15, 0.2) is 41.0 Å². The molecule has 0 saturated heterocycles. The topological polar surface area (TPSA) is 68.3 Å². The van der Waals surface area contributed by atoms with Gasteiger partial charge in [-0.15, -0.1) is 0 Å². The lowest BCUT2D eigenvalue weighted by Gasteiger charge is -2.10. The Balaban J connectivity index is 2.04. The highest BCUT2D eigenvalue weighted by atomic mass is 32.1. The summed E-state index contributed by atoms with van der Waals surface area (Å²) < 4.78 is 18.8. The predicted molar refractivity (Wildman–Crippen MR) is 77.9 cm³/mol. The lowest BCUT2D eigenvalue weighted by molar-refractivity contribution is -0.116. The van der Waals surface area contributed by atoms with E-state index >= 15 is 0 Å². The Kier molecular flexibility index (Phi) is 4.47. The number of anilines is 1. The molecular formula is C14H13FN2O2S. The molecule has 2 aromatic rings. The van der Waals surface area contributed by atoms with Gasteiger partial charge in [-0.3, -0.25) is 4.79 Å². The average molecular weight is 292 g/mol. The van der Waals surface area contributed by atoms with Crippen molar-refractivity contribution >= 4 is 28.8 Å². The molecule has 0 aliphatic heterocycles. The van der Waals surface area contributed by atoms with Crippen molar-refractivity contribution in [1.82, 2.24) is 0 Å². The molecule has 20 heavy (non-hydrogen) atoms. The maximum atomic E-state index is 13.6. The summed E-state index contributed by atoms with van der Waals surface area (Å²) in [7, 11) is 0. The molecular weight excluding hydrogens is 279 g/mol. The zero-order valence-corrected chi connectivity index (χ0v) is 11.4. The van der Waals surface area contributed by atoms with Gasteiger partial charge >= 0.3 is 0 Å². The fraction of sp³-hybridized carbons (Fsp3) is 0.143. The summed E-state index contributed by atoms with van der Waals surface area (Å²) in [5.74, 6) is -0.0974. The van der Waals surface area contributed by atoms with E-state index in [2.05, 4.69) is 5.32 Å². The van der Waals surface area contributed by atoms with E-state index in [1.54, 1.807) is 24.5 Å². The Bertz CT molecular complexity index is 626. The molecule has 0 radical (unpaired) electrons. The third-order valence-electron chi connectivity index (χ3n) is 2.71. The van der Waals surface area contributed by atoms with Crippen molar-refractivity contribution in [2.45, 2.75) is 12.8 Å². The molecule has 1 aromatic heterocycles. The van der Waals surface area contributed by atoms with Crippen LogP contribution in [0, 0.1) is 5.82 Å². The minimum Gasteiger partial charge on any atom is -0.469 e. The van der Waals surface area contributed by atoms with E-state index < -0.39 is 5.82 Å². The van der Waals surface area contributed by atoms with Gasteiger partial charge in [-0.2, -0.15) is 0 Å². The van der Waals surface area contributed by atoms with E-state index in [1.807, 2.05) is 0 Å². The lowest BCUT2D eigenvalue weighted by Crippen LogP contribution is -2.19. The van der Waals surface area contributed by atoms with Crippen LogP contribution < -0.4 is 11.1 Å².